The van der Waals surface area contributed by atoms with Crippen LogP contribution >= 0.6 is 0 Å². The van der Waals surface area contributed by atoms with Crippen LogP contribution in [-0.4, -0.2) is 32.7 Å². The van der Waals surface area contributed by atoms with Crippen LogP contribution in [0.5, 0.6) is 0 Å². The second kappa shape index (κ2) is 7.38. The van der Waals surface area contributed by atoms with Crippen molar-refractivity contribution in [2.24, 2.45) is 0 Å². The standard InChI is InChI=1S/C19H20F3N5O/c1-28-10-12-9-17(27-18(25-12)23-11-24-27)26-16-8-4-6-14(16)13-5-2-3-7-15(13)19(20,21)22/h2-3,5,7,9,11,14,16,26H,4,6,8,10H2,1H3. The lowest BCUT2D eigenvalue weighted by molar-refractivity contribution is -0.138. The number of fused-ring (bicyclic) bond motifs is 1. The molecule has 2 unspecified atom stereocenters. The molecule has 1 aliphatic rings. The number of methoxy groups -OCH3 is 1. The highest BCUT2D eigenvalue weighted by Crippen LogP contribution is 2.42. The van der Waals surface area contributed by atoms with Crippen molar-refractivity contribution in [3.05, 3.63) is 53.5 Å². The fraction of sp³-hybridized carbons (Fsp3) is 0.421. The van der Waals surface area contributed by atoms with Gasteiger partial charge >= 0.3 is 6.18 Å². The minimum atomic E-state index is -4.37. The van der Waals surface area contributed by atoms with E-state index >= 15 is 0 Å². The Bertz CT molecular complexity index is 972. The first kappa shape index (κ1) is 18.7. The van der Waals surface area contributed by atoms with Gasteiger partial charge in [0, 0.05) is 25.1 Å². The molecular formula is C19H20F3N5O. The third kappa shape index (κ3) is 3.54. The number of rotatable bonds is 5. The SMILES string of the molecule is COCc1cc(NC2CCCC2c2ccccc2C(F)(F)F)n2ncnc2n1. The molecule has 1 N–H and O–H groups in total. The summed E-state index contributed by atoms with van der Waals surface area (Å²) in [6.45, 7) is 0.309. The van der Waals surface area contributed by atoms with Crippen LogP contribution in [0.4, 0.5) is 19.0 Å². The van der Waals surface area contributed by atoms with Crippen LogP contribution in [0.3, 0.4) is 0 Å². The summed E-state index contributed by atoms with van der Waals surface area (Å²) in [7, 11) is 1.57. The molecular weight excluding hydrogens is 371 g/mol. The van der Waals surface area contributed by atoms with Gasteiger partial charge in [0.05, 0.1) is 17.9 Å². The molecule has 3 aromatic rings. The van der Waals surface area contributed by atoms with Gasteiger partial charge in [0.2, 0.25) is 0 Å². The van der Waals surface area contributed by atoms with Gasteiger partial charge in [0.25, 0.3) is 5.78 Å². The zero-order valence-electron chi connectivity index (χ0n) is 15.3. The van der Waals surface area contributed by atoms with Gasteiger partial charge in [0.15, 0.2) is 0 Å². The zero-order valence-corrected chi connectivity index (χ0v) is 15.3. The van der Waals surface area contributed by atoms with E-state index in [9.17, 15) is 13.2 Å². The summed E-state index contributed by atoms with van der Waals surface area (Å²) in [5.41, 5.74) is 0.455. The number of hydrogen-bond donors (Lipinski definition) is 1. The molecule has 0 amide bonds. The summed E-state index contributed by atoms with van der Waals surface area (Å²) >= 11 is 0. The largest absolute Gasteiger partial charge is 0.416 e. The van der Waals surface area contributed by atoms with Crippen molar-refractivity contribution in [3.63, 3.8) is 0 Å². The maximum Gasteiger partial charge on any atom is 0.416 e. The van der Waals surface area contributed by atoms with E-state index in [2.05, 4.69) is 20.4 Å². The monoisotopic (exact) mass is 391 g/mol. The van der Waals surface area contributed by atoms with Gasteiger partial charge in [-0.3, -0.25) is 0 Å². The quantitative estimate of drug-likeness (QED) is 0.711. The Morgan fingerprint density at radius 3 is 2.86 bits per heavy atom. The number of hydrogen-bond acceptors (Lipinski definition) is 5. The zero-order chi connectivity index (χ0) is 19.7. The maximum atomic E-state index is 13.5. The van der Waals surface area contributed by atoms with Crippen molar-refractivity contribution in [2.45, 2.75) is 44.0 Å². The molecule has 0 bridgehead atoms. The van der Waals surface area contributed by atoms with Crippen LogP contribution in [0.25, 0.3) is 5.78 Å². The van der Waals surface area contributed by atoms with E-state index in [-0.39, 0.29) is 12.0 Å². The van der Waals surface area contributed by atoms with E-state index in [0.29, 0.717) is 35.9 Å². The number of nitrogens with one attached hydrogen (secondary N) is 1. The third-order valence-electron chi connectivity index (χ3n) is 5.11. The highest BCUT2D eigenvalue weighted by Gasteiger charge is 2.38. The van der Waals surface area contributed by atoms with Gasteiger partial charge in [-0.2, -0.15) is 27.8 Å². The first-order chi connectivity index (χ1) is 13.5. The highest BCUT2D eigenvalue weighted by molar-refractivity contribution is 5.47. The molecule has 2 heterocycles. The number of anilines is 1. The lowest BCUT2D eigenvalue weighted by Crippen LogP contribution is -2.26. The first-order valence-electron chi connectivity index (χ1n) is 9.08. The van der Waals surface area contributed by atoms with Gasteiger partial charge in [-0.05, 0) is 24.5 Å². The van der Waals surface area contributed by atoms with Crippen molar-refractivity contribution in [3.8, 4) is 0 Å². The number of nitrogens with zero attached hydrogens (tertiary/aromatic N) is 4. The topological polar surface area (TPSA) is 64.3 Å². The molecule has 2 atom stereocenters. The van der Waals surface area contributed by atoms with Crippen molar-refractivity contribution < 1.29 is 17.9 Å². The molecule has 0 radical (unpaired) electrons. The van der Waals surface area contributed by atoms with Crippen molar-refractivity contribution in [1.29, 1.82) is 0 Å². The molecule has 6 nitrogen and oxygen atoms in total. The van der Waals surface area contributed by atoms with E-state index in [4.69, 9.17) is 4.74 Å². The number of halogens is 3. The highest BCUT2D eigenvalue weighted by atomic mass is 19.4. The molecule has 1 aliphatic carbocycles. The fourth-order valence-corrected chi connectivity index (χ4v) is 3.96. The Balaban J connectivity index is 1.68. The Morgan fingerprint density at radius 2 is 2.07 bits per heavy atom. The maximum absolute atomic E-state index is 13.5. The Kier molecular flexibility index (Phi) is 4.92. The molecule has 1 aromatic carbocycles. The molecule has 0 aliphatic heterocycles. The summed E-state index contributed by atoms with van der Waals surface area (Å²) < 4.78 is 47.2. The summed E-state index contributed by atoms with van der Waals surface area (Å²) in [5, 5.41) is 7.57. The third-order valence-corrected chi connectivity index (χ3v) is 5.11. The minimum Gasteiger partial charge on any atom is -0.378 e. The van der Waals surface area contributed by atoms with E-state index in [1.807, 2.05) is 0 Å². The van der Waals surface area contributed by atoms with Crippen molar-refractivity contribution >= 4 is 11.6 Å². The second-order valence-corrected chi connectivity index (χ2v) is 6.91. The molecule has 9 heteroatoms. The predicted octanol–water partition coefficient (Wildman–Crippen LogP) is 4.04. The molecule has 28 heavy (non-hydrogen) atoms. The fourth-order valence-electron chi connectivity index (χ4n) is 3.96. The van der Waals surface area contributed by atoms with E-state index < -0.39 is 11.7 Å². The summed E-state index contributed by atoms with van der Waals surface area (Å²) in [4.78, 5) is 8.48. The smallest absolute Gasteiger partial charge is 0.378 e. The normalized spacial score (nSPS) is 20.0. The van der Waals surface area contributed by atoms with Crippen LogP contribution in [-0.2, 0) is 17.5 Å². The lowest BCUT2D eigenvalue weighted by atomic mass is 9.89. The van der Waals surface area contributed by atoms with Gasteiger partial charge in [0.1, 0.15) is 12.1 Å². The van der Waals surface area contributed by atoms with E-state index in [1.165, 1.54) is 12.4 Å². The average Bonchev–Trinajstić information content (AvgIpc) is 3.30. The van der Waals surface area contributed by atoms with Gasteiger partial charge in [-0.1, -0.05) is 24.6 Å². The van der Waals surface area contributed by atoms with Crippen LogP contribution in [0, 0.1) is 0 Å². The molecule has 148 valence electrons. The number of alkyl halides is 3. The number of ether oxygens (including phenoxy) is 1. The van der Waals surface area contributed by atoms with Crippen LogP contribution in [0.2, 0.25) is 0 Å². The second-order valence-electron chi connectivity index (χ2n) is 6.91. The minimum absolute atomic E-state index is 0.145. The molecule has 1 fully saturated rings. The van der Waals surface area contributed by atoms with Crippen LogP contribution < -0.4 is 5.32 Å². The van der Waals surface area contributed by atoms with Crippen LogP contribution in [0.15, 0.2) is 36.7 Å². The summed E-state index contributed by atoms with van der Waals surface area (Å²) in [5.74, 6) is 0.827. The van der Waals surface area contributed by atoms with Crippen LogP contribution in [0.1, 0.15) is 42.0 Å². The summed E-state index contributed by atoms with van der Waals surface area (Å²) in [6.07, 6.45) is -0.651. The molecule has 0 saturated heterocycles. The van der Waals surface area contributed by atoms with Gasteiger partial charge in [-0.25, -0.2) is 4.98 Å². The molecule has 2 aromatic heterocycles. The predicted molar refractivity (Wildman–Crippen MR) is 96.9 cm³/mol. The Hall–Kier alpha value is -2.68. The molecule has 4 rings (SSSR count). The van der Waals surface area contributed by atoms with Gasteiger partial charge in [-0.15, -0.1) is 0 Å². The number of benzene rings is 1. The lowest BCUT2D eigenvalue weighted by Gasteiger charge is -2.25. The van der Waals surface area contributed by atoms with Crippen molar-refractivity contribution in [2.75, 3.05) is 12.4 Å². The van der Waals surface area contributed by atoms with E-state index in [0.717, 1.165) is 18.9 Å². The van der Waals surface area contributed by atoms with E-state index in [1.54, 1.807) is 29.8 Å². The number of aromatic nitrogens is 4. The Labute approximate surface area is 159 Å². The first-order valence-corrected chi connectivity index (χ1v) is 9.08. The Morgan fingerprint density at radius 1 is 1.25 bits per heavy atom. The van der Waals surface area contributed by atoms with Gasteiger partial charge < -0.3 is 10.1 Å². The molecule has 0 spiro atoms. The summed E-state index contributed by atoms with van der Waals surface area (Å²) in [6, 6.07) is 7.50. The van der Waals surface area contributed by atoms with Crippen molar-refractivity contribution in [1.82, 2.24) is 19.6 Å². The molecule has 1 saturated carbocycles. The average molecular weight is 391 g/mol.